The van der Waals surface area contributed by atoms with Crippen molar-refractivity contribution in [3.63, 3.8) is 0 Å². The molecule has 9 heteroatoms. The number of nitrogens with one attached hydrogen (secondary N) is 2. The van der Waals surface area contributed by atoms with Gasteiger partial charge in [0.25, 0.3) is 5.91 Å². The summed E-state index contributed by atoms with van der Waals surface area (Å²) in [5, 5.41) is 15.6. The highest BCUT2D eigenvalue weighted by molar-refractivity contribution is 6.02. The lowest BCUT2D eigenvalue weighted by molar-refractivity contribution is -0.117. The zero-order valence-electron chi connectivity index (χ0n) is 20.1. The van der Waals surface area contributed by atoms with Crippen molar-refractivity contribution in [1.82, 2.24) is 15.1 Å². The molecule has 1 aliphatic heterocycles. The van der Waals surface area contributed by atoms with Crippen LogP contribution >= 0.6 is 0 Å². The number of nitrogens with zero attached hydrogens (tertiary/aromatic N) is 2. The first-order chi connectivity index (χ1) is 15.6. The molecular weight excluding hydrogens is 424 g/mol. The van der Waals surface area contributed by atoms with Crippen molar-refractivity contribution in [3.05, 3.63) is 23.8 Å². The van der Waals surface area contributed by atoms with Crippen molar-refractivity contribution in [2.24, 2.45) is 11.8 Å². The van der Waals surface area contributed by atoms with E-state index in [0.29, 0.717) is 30.1 Å². The predicted octanol–water partition coefficient (Wildman–Crippen LogP) is 2.30. The van der Waals surface area contributed by atoms with Crippen LogP contribution in [0.1, 0.15) is 50.9 Å². The van der Waals surface area contributed by atoms with Crippen molar-refractivity contribution in [2.75, 3.05) is 32.1 Å². The quantitative estimate of drug-likeness (QED) is 0.578. The fourth-order valence-electron chi connectivity index (χ4n) is 3.85. The first-order valence-corrected chi connectivity index (χ1v) is 11.7. The van der Waals surface area contributed by atoms with Gasteiger partial charge >= 0.3 is 6.03 Å². The third-order valence-electron chi connectivity index (χ3n) is 6.11. The minimum atomic E-state index is -0.438. The third-order valence-corrected chi connectivity index (χ3v) is 6.11. The highest BCUT2D eigenvalue weighted by Gasteiger charge is 2.36. The van der Waals surface area contributed by atoms with E-state index in [0.717, 1.165) is 12.8 Å². The summed E-state index contributed by atoms with van der Waals surface area (Å²) < 4.78 is 6.39. The normalized spacial score (nSPS) is 21.4. The van der Waals surface area contributed by atoms with E-state index in [1.807, 2.05) is 20.8 Å². The van der Waals surface area contributed by atoms with Gasteiger partial charge in [0.15, 0.2) is 5.75 Å². The predicted molar refractivity (Wildman–Crippen MR) is 125 cm³/mol. The van der Waals surface area contributed by atoms with E-state index in [9.17, 15) is 19.5 Å². The van der Waals surface area contributed by atoms with Crippen molar-refractivity contribution < 1.29 is 24.2 Å². The number of para-hydroxylation sites is 1. The summed E-state index contributed by atoms with van der Waals surface area (Å²) in [5.74, 6) is -0.180. The maximum atomic E-state index is 13.4. The van der Waals surface area contributed by atoms with Gasteiger partial charge < -0.3 is 30.3 Å². The van der Waals surface area contributed by atoms with Gasteiger partial charge in [0.1, 0.15) is 6.10 Å². The van der Waals surface area contributed by atoms with E-state index in [2.05, 4.69) is 10.6 Å². The molecule has 0 bridgehead atoms. The molecule has 2 aliphatic rings. The van der Waals surface area contributed by atoms with E-state index in [4.69, 9.17) is 4.74 Å². The molecule has 3 N–H and O–H groups in total. The Morgan fingerprint density at radius 3 is 2.58 bits per heavy atom. The molecular formula is C24H36N4O5. The second-order valence-electron chi connectivity index (χ2n) is 9.55. The molecule has 182 valence electrons. The number of likely N-dealkylation sites (N-methyl/N-ethyl adjacent to an activating group) is 1. The van der Waals surface area contributed by atoms with E-state index in [1.165, 1.54) is 0 Å². The van der Waals surface area contributed by atoms with Crippen LogP contribution in [0, 0.1) is 11.8 Å². The summed E-state index contributed by atoms with van der Waals surface area (Å²) >= 11 is 0. The smallest absolute Gasteiger partial charge is 0.317 e. The number of urea groups is 1. The van der Waals surface area contributed by atoms with E-state index in [-0.39, 0.29) is 42.3 Å². The van der Waals surface area contributed by atoms with Crippen LogP contribution in [-0.2, 0) is 4.79 Å². The Bertz CT molecular complexity index is 886. The van der Waals surface area contributed by atoms with Gasteiger partial charge in [-0.1, -0.05) is 13.0 Å². The lowest BCUT2D eigenvalue weighted by atomic mass is 9.99. The zero-order valence-corrected chi connectivity index (χ0v) is 20.1. The molecule has 3 rings (SSSR count). The van der Waals surface area contributed by atoms with Gasteiger partial charge in [-0.15, -0.1) is 0 Å². The Morgan fingerprint density at radius 1 is 1.27 bits per heavy atom. The average Bonchev–Trinajstić information content (AvgIpc) is 3.61. The van der Waals surface area contributed by atoms with Gasteiger partial charge in [0.05, 0.1) is 30.4 Å². The number of carbonyl (C=O) groups excluding carboxylic acids is 3. The number of carbonyl (C=O) groups is 3. The summed E-state index contributed by atoms with van der Waals surface area (Å²) in [6, 6.07) is 4.51. The zero-order chi connectivity index (χ0) is 24.3. The van der Waals surface area contributed by atoms with Gasteiger partial charge in [-0.2, -0.15) is 0 Å². The lowest BCUT2D eigenvalue weighted by Crippen LogP contribution is -2.51. The second kappa shape index (κ2) is 10.4. The average molecular weight is 461 g/mol. The Labute approximate surface area is 195 Å². The van der Waals surface area contributed by atoms with Crippen molar-refractivity contribution in [2.45, 2.75) is 58.7 Å². The van der Waals surface area contributed by atoms with Crippen molar-refractivity contribution in [1.29, 1.82) is 0 Å². The third kappa shape index (κ3) is 5.96. The minimum absolute atomic E-state index is 0.000827. The molecule has 0 unspecified atom stereocenters. The Balaban J connectivity index is 1.96. The standard InChI is InChI=1S/C24H36N4O5/c1-14(2)25-24(32)27(5)12-20-15(3)11-28(16(4)13-29)23(31)18-7-6-8-19(21(18)33-20)26-22(30)17-9-10-17/h6-8,14-17,20,29H,9-13H2,1-5H3,(H,25,32)(H,26,30)/t15-,16+,20-/m1/s1. The number of rotatable bonds is 7. The van der Waals surface area contributed by atoms with Crippen LogP contribution < -0.4 is 15.4 Å². The van der Waals surface area contributed by atoms with E-state index >= 15 is 0 Å². The molecule has 0 spiro atoms. The highest BCUT2D eigenvalue weighted by Crippen LogP contribution is 2.37. The molecule has 3 atom stereocenters. The number of amides is 4. The van der Waals surface area contributed by atoms with Gasteiger partial charge in [0, 0.05) is 31.5 Å². The number of aliphatic hydroxyl groups is 1. The van der Waals surface area contributed by atoms with E-state index in [1.54, 1.807) is 42.0 Å². The Morgan fingerprint density at radius 2 is 1.97 bits per heavy atom. The molecule has 1 aliphatic carbocycles. The minimum Gasteiger partial charge on any atom is -0.485 e. The molecule has 0 saturated heterocycles. The van der Waals surface area contributed by atoms with Crippen LogP contribution in [0.4, 0.5) is 10.5 Å². The summed E-state index contributed by atoms with van der Waals surface area (Å²) in [7, 11) is 1.70. The SMILES string of the molecule is CC(C)NC(=O)N(C)C[C@H]1Oc2c(NC(=O)C3CC3)cccc2C(=O)N([C@@H](C)CO)C[C@H]1C. The monoisotopic (exact) mass is 460 g/mol. The molecule has 1 heterocycles. The number of fused-ring (bicyclic) bond motifs is 1. The topological polar surface area (TPSA) is 111 Å². The lowest BCUT2D eigenvalue weighted by Gasteiger charge is -2.38. The first-order valence-electron chi connectivity index (χ1n) is 11.7. The molecule has 9 nitrogen and oxygen atoms in total. The summed E-state index contributed by atoms with van der Waals surface area (Å²) in [5.41, 5.74) is 0.776. The molecule has 0 radical (unpaired) electrons. The van der Waals surface area contributed by atoms with Gasteiger partial charge in [0.2, 0.25) is 5.91 Å². The number of anilines is 1. The van der Waals surface area contributed by atoms with Crippen molar-refractivity contribution >= 4 is 23.5 Å². The Hall–Kier alpha value is -2.81. The fourth-order valence-corrected chi connectivity index (χ4v) is 3.85. The van der Waals surface area contributed by atoms with Crippen LogP contribution in [0.25, 0.3) is 0 Å². The number of hydrogen-bond acceptors (Lipinski definition) is 5. The fraction of sp³-hybridized carbons (Fsp3) is 0.625. The molecule has 4 amide bonds. The van der Waals surface area contributed by atoms with Gasteiger partial charge in [-0.3, -0.25) is 9.59 Å². The van der Waals surface area contributed by atoms with Crippen LogP contribution in [-0.4, -0.2) is 77.7 Å². The molecule has 0 aromatic heterocycles. The first kappa shape index (κ1) is 24.8. The maximum Gasteiger partial charge on any atom is 0.317 e. The summed E-state index contributed by atoms with van der Waals surface area (Å²) in [6.45, 7) is 8.02. The molecule has 33 heavy (non-hydrogen) atoms. The van der Waals surface area contributed by atoms with Gasteiger partial charge in [-0.05, 0) is 45.7 Å². The summed E-state index contributed by atoms with van der Waals surface area (Å²) in [6.07, 6.45) is 1.28. The number of aliphatic hydroxyl groups excluding tert-OH is 1. The molecule has 1 aromatic carbocycles. The van der Waals surface area contributed by atoms with Crippen LogP contribution in [0.2, 0.25) is 0 Å². The number of ether oxygens (including phenoxy) is 1. The maximum absolute atomic E-state index is 13.4. The molecule has 1 fully saturated rings. The Kier molecular flexibility index (Phi) is 7.84. The second-order valence-corrected chi connectivity index (χ2v) is 9.55. The van der Waals surface area contributed by atoms with Crippen LogP contribution in [0.15, 0.2) is 18.2 Å². The number of hydrogen-bond donors (Lipinski definition) is 3. The summed E-state index contributed by atoms with van der Waals surface area (Å²) in [4.78, 5) is 41.6. The molecule has 1 aromatic rings. The van der Waals surface area contributed by atoms with E-state index < -0.39 is 12.1 Å². The highest BCUT2D eigenvalue weighted by atomic mass is 16.5. The largest absolute Gasteiger partial charge is 0.485 e. The van der Waals surface area contributed by atoms with Crippen LogP contribution in [0.3, 0.4) is 0 Å². The van der Waals surface area contributed by atoms with Crippen LogP contribution in [0.5, 0.6) is 5.75 Å². The van der Waals surface area contributed by atoms with Crippen molar-refractivity contribution in [3.8, 4) is 5.75 Å². The molecule has 1 saturated carbocycles. The van der Waals surface area contributed by atoms with Gasteiger partial charge in [-0.25, -0.2) is 4.79 Å². The number of benzene rings is 1.